The largest absolute Gasteiger partial charge is 0.383 e. The first-order valence-electron chi connectivity index (χ1n) is 8.89. The van der Waals surface area contributed by atoms with Gasteiger partial charge in [-0.05, 0) is 37.0 Å². The number of rotatable bonds is 7. The second kappa shape index (κ2) is 9.58. The zero-order chi connectivity index (χ0) is 19.3. The molecule has 1 aromatic carbocycles. The van der Waals surface area contributed by atoms with E-state index in [9.17, 15) is 9.59 Å². The summed E-state index contributed by atoms with van der Waals surface area (Å²) in [6, 6.07) is 4.37. The van der Waals surface area contributed by atoms with Crippen molar-refractivity contribution >= 4 is 35.0 Å². The van der Waals surface area contributed by atoms with Crippen LogP contribution in [-0.4, -0.2) is 61.0 Å². The van der Waals surface area contributed by atoms with Crippen molar-refractivity contribution in [2.45, 2.75) is 32.7 Å². The van der Waals surface area contributed by atoms with E-state index >= 15 is 0 Å². The molecule has 1 atom stereocenters. The lowest BCUT2D eigenvalue weighted by molar-refractivity contribution is -0.136. The summed E-state index contributed by atoms with van der Waals surface area (Å²) >= 11 is 12.0. The maximum atomic E-state index is 13.1. The van der Waals surface area contributed by atoms with E-state index in [0.717, 1.165) is 6.42 Å². The molecule has 1 aromatic rings. The number of carbonyl (C=O) groups is 2. The maximum absolute atomic E-state index is 13.1. The van der Waals surface area contributed by atoms with Crippen molar-refractivity contribution in [3.8, 4) is 0 Å². The van der Waals surface area contributed by atoms with Gasteiger partial charge in [-0.15, -0.1) is 0 Å². The van der Waals surface area contributed by atoms with Crippen LogP contribution in [0.2, 0.25) is 10.0 Å². The van der Waals surface area contributed by atoms with Gasteiger partial charge in [0.05, 0.1) is 16.7 Å². The number of ether oxygens (including phenoxy) is 1. The van der Waals surface area contributed by atoms with Gasteiger partial charge >= 0.3 is 0 Å². The fourth-order valence-electron chi connectivity index (χ4n) is 3.21. The normalized spacial score (nSPS) is 17.0. The van der Waals surface area contributed by atoms with Crippen LogP contribution < -0.4 is 0 Å². The number of nitrogens with zero attached hydrogens (tertiary/aromatic N) is 2. The van der Waals surface area contributed by atoms with Crippen molar-refractivity contribution in [1.29, 1.82) is 0 Å². The summed E-state index contributed by atoms with van der Waals surface area (Å²) in [4.78, 5) is 29.5. The molecule has 1 unspecified atom stereocenters. The van der Waals surface area contributed by atoms with Crippen molar-refractivity contribution in [3.63, 3.8) is 0 Å². The van der Waals surface area contributed by atoms with Crippen molar-refractivity contribution in [1.82, 2.24) is 9.80 Å². The lowest BCUT2D eigenvalue weighted by Crippen LogP contribution is -2.49. The summed E-state index contributed by atoms with van der Waals surface area (Å²) in [7, 11) is 1.62. The van der Waals surface area contributed by atoms with Crippen LogP contribution in [0.4, 0.5) is 0 Å². The zero-order valence-electron chi connectivity index (χ0n) is 15.5. The van der Waals surface area contributed by atoms with Gasteiger partial charge in [-0.2, -0.15) is 0 Å². The smallest absolute Gasteiger partial charge is 0.254 e. The topological polar surface area (TPSA) is 49.9 Å². The number of amides is 2. The summed E-state index contributed by atoms with van der Waals surface area (Å²) in [5.41, 5.74) is 0.450. The van der Waals surface area contributed by atoms with Crippen LogP contribution in [0.15, 0.2) is 18.2 Å². The van der Waals surface area contributed by atoms with E-state index in [1.54, 1.807) is 35.1 Å². The number of benzene rings is 1. The molecule has 0 radical (unpaired) electrons. The molecule has 2 amide bonds. The Hall–Kier alpha value is -1.30. The Bertz CT molecular complexity index is 652. The summed E-state index contributed by atoms with van der Waals surface area (Å²) in [6.07, 6.45) is 1.48. The Kier molecular flexibility index (Phi) is 7.74. The van der Waals surface area contributed by atoms with Crippen LogP contribution in [0.3, 0.4) is 0 Å². The fourth-order valence-corrected chi connectivity index (χ4v) is 3.50. The highest BCUT2D eigenvalue weighted by molar-refractivity contribution is 6.42. The van der Waals surface area contributed by atoms with Gasteiger partial charge in [0.25, 0.3) is 5.91 Å². The van der Waals surface area contributed by atoms with Gasteiger partial charge in [0, 0.05) is 32.3 Å². The first-order valence-corrected chi connectivity index (χ1v) is 9.64. The van der Waals surface area contributed by atoms with Gasteiger partial charge in [-0.3, -0.25) is 9.59 Å². The van der Waals surface area contributed by atoms with Crippen LogP contribution in [0, 0.1) is 5.92 Å². The van der Waals surface area contributed by atoms with Crippen molar-refractivity contribution in [2.24, 2.45) is 5.92 Å². The molecule has 0 N–H and O–H groups in total. The molecule has 1 heterocycles. The number of methoxy groups -OCH3 is 1. The second-order valence-electron chi connectivity index (χ2n) is 6.96. The standard InChI is InChI=1S/C19H26Cl2N2O3/c1-13(2)12-22(9-10-26-3)19(25)17-5-4-8-23(17)18(24)14-6-7-15(20)16(21)11-14/h6-7,11,13,17H,4-5,8-10,12H2,1-3H3. The fraction of sp³-hybridized carbons (Fsp3) is 0.579. The number of hydrogen-bond acceptors (Lipinski definition) is 3. The minimum Gasteiger partial charge on any atom is -0.383 e. The highest BCUT2D eigenvalue weighted by atomic mass is 35.5. The SMILES string of the molecule is COCCN(CC(C)C)C(=O)C1CCCN1C(=O)c1ccc(Cl)c(Cl)c1. The van der Waals surface area contributed by atoms with Gasteiger partial charge in [0.1, 0.15) is 6.04 Å². The van der Waals surface area contributed by atoms with Crippen LogP contribution in [0.25, 0.3) is 0 Å². The van der Waals surface area contributed by atoms with Crippen LogP contribution in [0.5, 0.6) is 0 Å². The number of halogens is 2. The van der Waals surface area contributed by atoms with Gasteiger partial charge in [0.2, 0.25) is 5.91 Å². The third-order valence-electron chi connectivity index (χ3n) is 4.43. The van der Waals surface area contributed by atoms with Gasteiger partial charge < -0.3 is 14.5 Å². The average molecular weight is 401 g/mol. The predicted octanol–water partition coefficient (Wildman–Crippen LogP) is 3.73. The summed E-state index contributed by atoms with van der Waals surface area (Å²) in [5.74, 6) is 0.147. The molecule has 5 nitrogen and oxygen atoms in total. The molecule has 1 fully saturated rings. The molecular weight excluding hydrogens is 375 g/mol. The minimum atomic E-state index is -0.437. The van der Waals surface area contributed by atoms with E-state index in [4.69, 9.17) is 27.9 Å². The second-order valence-corrected chi connectivity index (χ2v) is 7.77. The van der Waals surface area contributed by atoms with E-state index in [-0.39, 0.29) is 11.8 Å². The van der Waals surface area contributed by atoms with Crippen LogP contribution in [0.1, 0.15) is 37.0 Å². The number of carbonyl (C=O) groups excluding carboxylic acids is 2. The Morgan fingerprint density at radius 2 is 2.04 bits per heavy atom. The third kappa shape index (κ3) is 5.12. The highest BCUT2D eigenvalue weighted by Crippen LogP contribution is 2.26. The molecule has 0 bridgehead atoms. The monoisotopic (exact) mass is 400 g/mol. The van der Waals surface area contributed by atoms with Gasteiger partial charge in [-0.25, -0.2) is 0 Å². The number of likely N-dealkylation sites (tertiary alicyclic amines) is 1. The molecule has 0 saturated carbocycles. The average Bonchev–Trinajstić information content (AvgIpc) is 3.09. The molecule has 0 aliphatic carbocycles. The molecule has 1 aliphatic rings. The van der Waals surface area contributed by atoms with E-state index in [0.29, 0.717) is 54.2 Å². The lowest BCUT2D eigenvalue weighted by atomic mass is 10.1. The number of hydrogen-bond donors (Lipinski definition) is 0. The van der Waals surface area contributed by atoms with Crippen molar-refractivity contribution in [3.05, 3.63) is 33.8 Å². The molecule has 0 aromatic heterocycles. The van der Waals surface area contributed by atoms with Gasteiger partial charge in [0.15, 0.2) is 0 Å². The lowest BCUT2D eigenvalue weighted by Gasteiger charge is -2.31. The van der Waals surface area contributed by atoms with E-state index in [2.05, 4.69) is 13.8 Å². The Balaban J connectivity index is 2.17. The Morgan fingerprint density at radius 1 is 1.31 bits per heavy atom. The van der Waals surface area contributed by atoms with Crippen molar-refractivity contribution in [2.75, 3.05) is 33.4 Å². The Labute approximate surface area is 165 Å². The van der Waals surface area contributed by atoms with Crippen LogP contribution in [-0.2, 0) is 9.53 Å². The molecular formula is C19H26Cl2N2O3. The van der Waals surface area contributed by atoms with E-state index < -0.39 is 6.04 Å². The van der Waals surface area contributed by atoms with E-state index in [1.165, 1.54) is 0 Å². The third-order valence-corrected chi connectivity index (χ3v) is 5.17. The molecule has 26 heavy (non-hydrogen) atoms. The molecule has 0 spiro atoms. The minimum absolute atomic E-state index is 0.0124. The van der Waals surface area contributed by atoms with Crippen molar-refractivity contribution < 1.29 is 14.3 Å². The molecule has 144 valence electrons. The quantitative estimate of drug-likeness (QED) is 0.700. The first-order chi connectivity index (χ1) is 12.3. The maximum Gasteiger partial charge on any atom is 0.254 e. The molecule has 7 heteroatoms. The predicted molar refractivity (Wildman–Crippen MR) is 104 cm³/mol. The van der Waals surface area contributed by atoms with Crippen LogP contribution >= 0.6 is 23.2 Å². The molecule has 1 saturated heterocycles. The highest BCUT2D eigenvalue weighted by Gasteiger charge is 2.37. The molecule has 1 aliphatic heterocycles. The summed E-state index contributed by atoms with van der Waals surface area (Å²) in [5, 5.41) is 0.737. The molecule has 2 rings (SSSR count). The van der Waals surface area contributed by atoms with E-state index in [1.807, 2.05) is 0 Å². The summed E-state index contributed by atoms with van der Waals surface area (Å²) < 4.78 is 5.13. The van der Waals surface area contributed by atoms with Gasteiger partial charge in [-0.1, -0.05) is 37.0 Å². The zero-order valence-corrected chi connectivity index (χ0v) is 17.0. The Morgan fingerprint density at radius 3 is 2.65 bits per heavy atom. The summed E-state index contributed by atoms with van der Waals surface area (Å²) in [6.45, 7) is 6.36. The first kappa shape index (κ1) is 21.0.